The van der Waals surface area contributed by atoms with Crippen molar-refractivity contribution in [2.75, 3.05) is 13.1 Å². The van der Waals surface area contributed by atoms with E-state index in [1.807, 2.05) is 12.1 Å². The molecule has 1 aliphatic rings. The number of carbonyl (C=O) groups is 1. The van der Waals surface area contributed by atoms with Gasteiger partial charge in [-0.25, -0.2) is 0 Å². The number of halogens is 1. The van der Waals surface area contributed by atoms with E-state index in [4.69, 9.17) is 11.6 Å². The summed E-state index contributed by atoms with van der Waals surface area (Å²) in [6, 6.07) is 3.85. The lowest BCUT2D eigenvalue weighted by molar-refractivity contribution is 0.108. The first-order chi connectivity index (χ1) is 7.75. The lowest BCUT2D eigenvalue weighted by atomic mass is 10.2. The Hall–Kier alpha value is -0.380. The largest absolute Gasteiger partial charge is 0.298 e. The molecule has 16 heavy (non-hydrogen) atoms. The van der Waals surface area contributed by atoms with E-state index in [1.165, 1.54) is 55.0 Å². The van der Waals surface area contributed by atoms with Crippen LogP contribution in [0.2, 0.25) is 0 Å². The molecule has 1 aromatic heterocycles. The molecule has 0 aromatic carbocycles. The van der Waals surface area contributed by atoms with Gasteiger partial charge in [-0.2, -0.15) is 0 Å². The zero-order chi connectivity index (χ0) is 11.4. The minimum Gasteiger partial charge on any atom is -0.298 e. The van der Waals surface area contributed by atoms with Crippen molar-refractivity contribution >= 4 is 28.2 Å². The summed E-state index contributed by atoms with van der Waals surface area (Å²) >= 11 is 6.96. The molecule has 1 aliphatic heterocycles. The van der Waals surface area contributed by atoms with Gasteiger partial charge in [-0.15, -0.1) is 11.3 Å². The van der Waals surface area contributed by atoms with Gasteiger partial charge in [0.25, 0.3) is 5.24 Å². The molecule has 0 atom stereocenters. The fourth-order valence-corrected chi connectivity index (χ4v) is 3.14. The van der Waals surface area contributed by atoms with E-state index < -0.39 is 0 Å². The third-order valence-corrected chi connectivity index (χ3v) is 4.32. The van der Waals surface area contributed by atoms with Crippen LogP contribution in [0, 0.1) is 0 Å². The predicted octanol–water partition coefficient (Wildman–Crippen LogP) is 3.50. The van der Waals surface area contributed by atoms with Gasteiger partial charge in [-0.1, -0.05) is 12.8 Å². The molecule has 1 saturated heterocycles. The first-order valence-corrected chi connectivity index (χ1v) is 6.96. The third kappa shape index (κ3) is 3.30. The lowest BCUT2D eigenvalue weighted by Gasteiger charge is -2.18. The summed E-state index contributed by atoms with van der Waals surface area (Å²) in [6.45, 7) is 3.33. The maximum atomic E-state index is 11.0. The molecule has 0 spiro atoms. The molecule has 0 bridgehead atoms. The quantitative estimate of drug-likeness (QED) is 0.773. The van der Waals surface area contributed by atoms with Crippen molar-refractivity contribution in [3.63, 3.8) is 0 Å². The topological polar surface area (TPSA) is 20.3 Å². The standard InChI is InChI=1S/C12H16ClNOS/c13-12(15)11-6-5-10(16-11)9-14-7-3-1-2-4-8-14/h5-6H,1-4,7-9H2. The summed E-state index contributed by atoms with van der Waals surface area (Å²) in [6.07, 6.45) is 5.30. The van der Waals surface area contributed by atoms with Crippen molar-refractivity contribution in [3.05, 3.63) is 21.9 Å². The molecule has 0 unspecified atom stereocenters. The van der Waals surface area contributed by atoms with E-state index in [0.29, 0.717) is 4.88 Å². The zero-order valence-electron chi connectivity index (χ0n) is 9.25. The molecule has 88 valence electrons. The summed E-state index contributed by atoms with van der Waals surface area (Å²) in [5.74, 6) is 0. The molecule has 2 nitrogen and oxygen atoms in total. The van der Waals surface area contributed by atoms with Gasteiger partial charge < -0.3 is 0 Å². The van der Waals surface area contributed by atoms with Crippen LogP contribution in [0.25, 0.3) is 0 Å². The molecule has 0 saturated carbocycles. The van der Waals surface area contributed by atoms with E-state index in [0.717, 1.165) is 6.54 Å². The minimum atomic E-state index is -0.341. The predicted molar refractivity (Wildman–Crippen MR) is 68.2 cm³/mol. The normalized spacial score (nSPS) is 18.3. The van der Waals surface area contributed by atoms with E-state index in [1.54, 1.807) is 0 Å². The number of rotatable bonds is 3. The van der Waals surface area contributed by atoms with Crippen molar-refractivity contribution in [2.45, 2.75) is 32.2 Å². The van der Waals surface area contributed by atoms with Crippen molar-refractivity contribution in [3.8, 4) is 0 Å². The van der Waals surface area contributed by atoms with Gasteiger partial charge in [0, 0.05) is 11.4 Å². The highest BCUT2D eigenvalue weighted by molar-refractivity contribution is 7.15. The minimum absolute atomic E-state index is 0.341. The number of thiophene rings is 1. The molecular formula is C12H16ClNOS. The van der Waals surface area contributed by atoms with Gasteiger partial charge in [0.1, 0.15) is 0 Å². The van der Waals surface area contributed by atoms with Crippen LogP contribution in [0.5, 0.6) is 0 Å². The number of nitrogens with zero attached hydrogens (tertiary/aromatic N) is 1. The molecule has 0 amide bonds. The average Bonchev–Trinajstić information content (AvgIpc) is 2.56. The number of likely N-dealkylation sites (tertiary alicyclic amines) is 1. The highest BCUT2D eigenvalue weighted by atomic mass is 35.5. The van der Waals surface area contributed by atoms with Crippen molar-refractivity contribution in [2.24, 2.45) is 0 Å². The Bertz CT molecular complexity index is 356. The Morgan fingerprint density at radius 2 is 1.94 bits per heavy atom. The smallest absolute Gasteiger partial charge is 0.262 e. The highest BCUT2D eigenvalue weighted by Gasteiger charge is 2.12. The van der Waals surface area contributed by atoms with E-state index >= 15 is 0 Å². The summed E-state index contributed by atoms with van der Waals surface area (Å²) < 4.78 is 0. The molecule has 0 radical (unpaired) electrons. The Balaban J connectivity index is 1.94. The fourth-order valence-electron chi connectivity index (χ4n) is 2.08. The summed E-state index contributed by atoms with van der Waals surface area (Å²) in [4.78, 5) is 15.3. The number of hydrogen-bond acceptors (Lipinski definition) is 3. The van der Waals surface area contributed by atoms with Crippen molar-refractivity contribution in [1.82, 2.24) is 4.90 Å². The van der Waals surface area contributed by atoms with Gasteiger partial charge in [0.2, 0.25) is 0 Å². The van der Waals surface area contributed by atoms with Crippen molar-refractivity contribution < 1.29 is 4.79 Å². The molecule has 1 aromatic rings. The Labute approximate surface area is 105 Å². The van der Waals surface area contributed by atoms with Crippen LogP contribution in [0.4, 0.5) is 0 Å². The highest BCUT2D eigenvalue weighted by Crippen LogP contribution is 2.21. The Morgan fingerprint density at radius 1 is 1.25 bits per heavy atom. The van der Waals surface area contributed by atoms with Crippen molar-refractivity contribution in [1.29, 1.82) is 0 Å². The second-order valence-corrected chi connectivity index (χ2v) is 5.74. The van der Waals surface area contributed by atoms with Crippen LogP contribution in [-0.4, -0.2) is 23.2 Å². The number of carbonyl (C=O) groups excluding carboxylic acids is 1. The second-order valence-electron chi connectivity index (χ2n) is 4.23. The van der Waals surface area contributed by atoms with Gasteiger partial charge in [0.15, 0.2) is 0 Å². The monoisotopic (exact) mass is 257 g/mol. The van der Waals surface area contributed by atoms with Gasteiger partial charge in [-0.05, 0) is 49.7 Å². The van der Waals surface area contributed by atoms with Crippen LogP contribution in [0.15, 0.2) is 12.1 Å². The van der Waals surface area contributed by atoms with Gasteiger partial charge in [-0.3, -0.25) is 9.69 Å². The van der Waals surface area contributed by atoms with Gasteiger partial charge >= 0.3 is 0 Å². The summed E-state index contributed by atoms with van der Waals surface area (Å²) in [5, 5.41) is -0.341. The molecule has 0 aliphatic carbocycles. The first kappa shape index (κ1) is 12.1. The molecule has 2 heterocycles. The Morgan fingerprint density at radius 3 is 2.50 bits per heavy atom. The van der Waals surface area contributed by atoms with Crippen LogP contribution in [0.3, 0.4) is 0 Å². The molecule has 2 rings (SSSR count). The lowest BCUT2D eigenvalue weighted by Crippen LogP contribution is -2.23. The zero-order valence-corrected chi connectivity index (χ0v) is 10.8. The van der Waals surface area contributed by atoms with E-state index in [9.17, 15) is 4.79 Å². The SMILES string of the molecule is O=C(Cl)c1ccc(CN2CCCCCC2)s1. The summed E-state index contributed by atoms with van der Waals surface area (Å²) in [5.41, 5.74) is 0. The van der Waals surface area contributed by atoms with Crippen LogP contribution < -0.4 is 0 Å². The molecule has 0 N–H and O–H groups in total. The molecule has 4 heteroatoms. The molecular weight excluding hydrogens is 242 g/mol. The second kappa shape index (κ2) is 5.80. The van der Waals surface area contributed by atoms with Crippen LogP contribution in [0.1, 0.15) is 40.2 Å². The average molecular weight is 258 g/mol. The fraction of sp³-hybridized carbons (Fsp3) is 0.583. The van der Waals surface area contributed by atoms with E-state index in [-0.39, 0.29) is 5.24 Å². The summed E-state index contributed by atoms with van der Waals surface area (Å²) in [7, 11) is 0. The Kier molecular flexibility index (Phi) is 4.38. The maximum Gasteiger partial charge on any atom is 0.262 e. The number of hydrogen-bond donors (Lipinski definition) is 0. The van der Waals surface area contributed by atoms with E-state index in [2.05, 4.69) is 4.90 Å². The van der Waals surface area contributed by atoms with Gasteiger partial charge in [0.05, 0.1) is 4.88 Å². The maximum absolute atomic E-state index is 11.0. The molecule has 1 fully saturated rings. The van der Waals surface area contributed by atoms with Crippen LogP contribution in [-0.2, 0) is 6.54 Å². The third-order valence-electron chi connectivity index (χ3n) is 2.93. The first-order valence-electron chi connectivity index (χ1n) is 5.76. The van der Waals surface area contributed by atoms with Crippen LogP contribution >= 0.6 is 22.9 Å².